The number of benzene rings is 1. The Morgan fingerprint density at radius 3 is 2.18 bits per heavy atom. The van der Waals surface area contributed by atoms with E-state index in [1.165, 1.54) is 0 Å². The van der Waals surface area contributed by atoms with Crippen LogP contribution in [0.5, 0.6) is 5.75 Å². The molecule has 5 N–H and O–H groups in total. The van der Waals surface area contributed by atoms with Gasteiger partial charge in [-0.05, 0) is 6.07 Å². The molecular formula is C6H10BClO3. The summed E-state index contributed by atoms with van der Waals surface area (Å²) in [4.78, 5) is 0. The first-order chi connectivity index (χ1) is 4.22. The molecule has 11 heavy (non-hydrogen) atoms. The highest BCUT2D eigenvalue weighted by molar-refractivity contribution is 6.45. The summed E-state index contributed by atoms with van der Waals surface area (Å²) in [5.74, 6) is 0.150. The first kappa shape index (κ1) is 12.9. The highest BCUT2D eigenvalue weighted by Crippen LogP contribution is 2.17. The van der Waals surface area contributed by atoms with Crippen molar-refractivity contribution in [1.29, 1.82) is 0 Å². The molecule has 0 spiro atoms. The highest BCUT2D eigenvalue weighted by atomic mass is 35.5. The van der Waals surface area contributed by atoms with Gasteiger partial charge in [-0.1, -0.05) is 29.2 Å². The van der Waals surface area contributed by atoms with E-state index in [-0.39, 0.29) is 16.7 Å². The van der Waals surface area contributed by atoms with Crippen LogP contribution in [-0.2, 0) is 0 Å². The molecule has 5 heteroatoms. The Morgan fingerprint density at radius 2 is 1.82 bits per heavy atom. The minimum Gasteiger partial charge on any atom is -0.506 e. The zero-order chi connectivity index (χ0) is 6.85. The largest absolute Gasteiger partial charge is 0.506 e. The summed E-state index contributed by atoms with van der Waals surface area (Å²) < 4.78 is 0. The Kier molecular flexibility index (Phi) is 5.89. The molecule has 0 aliphatic rings. The maximum Gasteiger partial charge on any atom is 0.141 e. The third-order valence-electron chi connectivity index (χ3n) is 1.17. The van der Waals surface area contributed by atoms with Gasteiger partial charge in [-0.3, -0.25) is 0 Å². The lowest BCUT2D eigenvalue weighted by Gasteiger charge is -1.97. The number of hydrogen-bond donors (Lipinski definition) is 1. The van der Waals surface area contributed by atoms with Gasteiger partial charge in [-0.15, -0.1) is 0 Å². The van der Waals surface area contributed by atoms with E-state index in [2.05, 4.69) is 0 Å². The molecule has 0 saturated heterocycles. The fraction of sp³-hybridized carbons (Fsp3) is 0. The molecule has 0 saturated carbocycles. The van der Waals surface area contributed by atoms with Gasteiger partial charge in [-0.25, -0.2) is 0 Å². The molecular weight excluding hydrogens is 166 g/mol. The molecule has 0 aliphatic carbocycles. The van der Waals surface area contributed by atoms with E-state index < -0.39 is 0 Å². The maximum absolute atomic E-state index is 8.97. The standard InChI is InChI=1S/C6H6BClO.2H2O/c7-4-2-1-3-5(9)6(4)8;;/h1-3,9H,7H2;2*1H2. The van der Waals surface area contributed by atoms with Crippen LogP contribution in [0.3, 0.4) is 0 Å². The quantitative estimate of drug-likeness (QED) is 0.487. The SMILES string of the molecule is Bc1cccc(O)c1Cl.O.O. The Labute approximate surface area is 70.6 Å². The molecule has 0 amide bonds. The third-order valence-corrected chi connectivity index (χ3v) is 1.66. The lowest BCUT2D eigenvalue weighted by atomic mass is 9.96. The van der Waals surface area contributed by atoms with Crippen molar-refractivity contribution < 1.29 is 16.1 Å². The summed E-state index contributed by atoms with van der Waals surface area (Å²) in [7, 11) is 1.85. The molecule has 1 aromatic rings. The minimum absolute atomic E-state index is 0. The summed E-state index contributed by atoms with van der Waals surface area (Å²) >= 11 is 5.63. The Bertz CT molecular complexity index is 209. The zero-order valence-corrected chi connectivity index (χ0v) is 6.81. The number of phenolic OH excluding ortho intramolecular Hbond substituents is 1. The van der Waals surface area contributed by atoms with Gasteiger partial charge in [0.15, 0.2) is 0 Å². The monoisotopic (exact) mass is 176 g/mol. The summed E-state index contributed by atoms with van der Waals surface area (Å²) in [5, 5.41) is 9.41. The van der Waals surface area contributed by atoms with Crippen molar-refractivity contribution in [3.63, 3.8) is 0 Å². The van der Waals surface area contributed by atoms with Gasteiger partial charge in [0.25, 0.3) is 0 Å². The molecule has 0 bridgehead atoms. The van der Waals surface area contributed by atoms with E-state index in [0.717, 1.165) is 5.46 Å². The summed E-state index contributed by atoms with van der Waals surface area (Å²) in [6.45, 7) is 0. The first-order valence-electron chi connectivity index (χ1n) is 2.66. The van der Waals surface area contributed by atoms with Gasteiger partial charge in [0.2, 0.25) is 0 Å². The average Bonchev–Trinajstić information content (AvgIpc) is 1.83. The smallest absolute Gasteiger partial charge is 0.141 e. The van der Waals surface area contributed by atoms with Crippen molar-refractivity contribution in [2.45, 2.75) is 0 Å². The Morgan fingerprint density at radius 1 is 1.27 bits per heavy atom. The normalized spacial score (nSPS) is 7.73. The lowest BCUT2D eigenvalue weighted by Crippen LogP contribution is -2.01. The predicted molar refractivity (Wildman–Crippen MR) is 48.5 cm³/mol. The number of halogens is 1. The third kappa shape index (κ3) is 2.80. The van der Waals surface area contributed by atoms with Crippen LogP contribution in [-0.4, -0.2) is 23.9 Å². The number of rotatable bonds is 0. The molecule has 0 aromatic heterocycles. The molecule has 0 heterocycles. The molecule has 1 rings (SSSR count). The summed E-state index contributed by atoms with van der Waals surface area (Å²) in [5.41, 5.74) is 0.900. The Hall–Kier alpha value is -0.705. The van der Waals surface area contributed by atoms with Crippen LogP contribution in [0.15, 0.2) is 18.2 Å². The van der Waals surface area contributed by atoms with Crippen molar-refractivity contribution in [3.05, 3.63) is 23.2 Å². The molecule has 0 fully saturated rings. The predicted octanol–water partition coefficient (Wildman–Crippen LogP) is -1.35. The van der Waals surface area contributed by atoms with Crippen molar-refractivity contribution in [2.75, 3.05) is 0 Å². The second-order valence-electron chi connectivity index (χ2n) is 1.91. The molecule has 62 valence electrons. The van der Waals surface area contributed by atoms with E-state index in [4.69, 9.17) is 16.7 Å². The van der Waals surface area contributed by atoms with Crippen LogP contribution in [0.2, 0.25) is 5.02 Å². The van der Waals surface area contributed by atoms with Gasteiger partial charge >= 0.3 is 0 Å². The van der Waals surface area contributed by atoms with Crippen LogP contribution in [0.25, 0.3) is 0 Å². The van der Waals surface area contributed by atoms with Crippen LogP contribution in [0.1, 0.15) is 0 Å². The summed E-state index contributed by atoms with van der Waals surface area (Å²) in [6, 6.07) is 5.17. The van der Waals surface area contributed by atoms with Crippen LogP contribution in [0.4, 0.5) is 0 Å². The van der Waals surface area contributed by atoms with Crippen molar-refractivity contribution in [1.82, 2.24) is 0 Å². The molecule has 0 atom stereocenters. The van der Waals surface area contributed by atoms with E-state index >= 15 is 0 Å². The van der Waals surface area contributed by atoms with Crippen LogP contribution in [0, 0.1) is 0 Å². The zero-order valence-electron chi connectivity index (χ0n) is 6.06. The number of aromatic hydroxyl groups is 1. The van der Waals surface area contributed by atoms with Gasteiger partial charge in [0.05, 0.1) is 5.02 Å². The fourth-order valence-corrected chi connectivity index (χ4v) is 0.758. The van der Waals surface area contributed by atoms with Gasteiger partial charge < -0.3 is 16.1 Å². The Balaban J connectivity index is 0. The highest BCUT2D eigenvalue weighted by Gasteiger charge is 1.97. The number of phenols is 1. The maximum atomic E-state index is 8.97. The van der Waals surface area contributed by atoms with E-state index in [1.807, 2.05) is 13.9 Å². The van der Waals surface area contributed by atoms with Gasteiger partial charge in [0, 0.05) is 0 Å². The van der Waals surface area contributed by atoms with E-state index in [1.54, 1.807) is 12.1 Å². The molecule has 0 radical (unpaired) electrons. The molecule has 3 nitrogen and oxygen atoms in total. The lowest BCUT2D eigenvalue weighted by molar-refractivity contribution is 0.476. The molecule has 0 unspecified atom stereocenters. The minimum atomic E-state index is 0. The van der Waals surface area contributed by atoms with Crippen molar-refractivity contribution in [2.24, 2.45) is 0 Å². The topological polar surface area (TPSA) is 83.2 Å². The van der Waals surface area contributed by atoms with Gasteiger partial charge in [0.1, 0.15) is 13.6 Å². The summed E-state index contributed by atoms with van der Waals surface area (Å²) in [6.07, 6.45) is 0. The number of hydrogen-bond acceptors (Lipinski definition) is 1. The molecule has 1 aromatic carbocycles. The first-order valence-corrected chi connectivity index (χ1v) is 3.03. The van der Waals surface area contributed by atoms with E-state index in [0.29, 0.717) is 5.02 Å². The fourth-order valence-electron chi connectivity index (χ4n) is 0.632. The second-order valence-corrected chi connectivity index (χ2v) is 2.29. The molecule has 0 aliphatic heterocycles. The average molecular weight is 176 g/mol. The van der Waals surface area contributed by atoms with Crippen LogP contribution >= 0.6 is 11.6 Å². The second kappa shape index (κ2) is 5.01. The van der Waals surface area contributed by atoms with Crippen molar-refractivity contribution >= 4 is 24.9 Å². The van der Waals surface area contributed by atoms with E-state index in [9.17, 15) is 0 Å². The van der Waals surface area contributed by atoms with Crippen LogP contribution < -0.4 is 5.46 Å². The van der Waals surface area contributed by atoms with Gasteiger partial charge in [-0.2, -0.15) is 0 Å². The van der Waals surface area contributed by atoms with Crippen molar-refractivity contribution in [3.8, 4) is 5.75 Å².